The molecular formula is C20H26N2O4. The zero-order valence-corrected chi connectivity index (χ0v) is 15.4. The van der Waals surface area contributed by atoms with E-state index in [-0.39, 0.29) is 12.6 Å². The fourth-order valence-electron chi connectivity index (χ4n) is 3.23. The Kier molecular flexibility index (Phi) is 6.08. The quantitative estimate of drug-likeness (QED) is 0.820. The number of furan rings is 1. The second-order valence-electron chi connectivity index (χ2n) is 6.95. The molecule has 2 heterocycles. The van der Waals surface area contributed by atoms with Gasteiger partial charge in [0.1, 0.15) is 11.5 Å². The molecule has 1 aliphatic heterocycles. The first-order chi connectivity index (χ1) is 12.5. The molecule has 6 heteroatoms. The Hall–Kier alpha value is -2.15. The Morgan fingerprint density at radius 2 is 2.04 bits per heavy atom. The summed E-state index contributed by atoms with van der Waals surface area (Å²) in [4.78, 5) is 14.9. The Morgan fingerprint density at radius 1 is 1.27 bits per heavy atom. The highest BCUT2D eigenvalue weighted by molar-refractivity contribution is 5.69. The van der Waals surface area contributed by atoms with E-state index in [9.17, 15) is 4.79 Å². The average molecular weight is 358 g/mol. The van der Waals surface area contributed by atoms with Crippen LogP contribution < -0.4 is 0 Å². The van der Waals surface area contributed by atoms with Crippen LogP contribution in [0.3, 0.4) is 0 Å². The van der Waals surface area contributed by atoms with Crippen LogP contribution in [-0.4, -0.2) is 66.8 Å². The maximum atomic E-state index is 10.8. The summed E-state index contributed by atoms with van der Waals surface area (Å²) in [5.74, 6) is 0.991. The second kappa shape index (κ2) is 8.49. The second-order valence-corrected chi connectivity index (χ2v) is 6.95. The van der Waals surface area contributed by atoms with Gasteiger partial charge in [0, 0.05) is 25.2 Å². The third-order valence-electron chi connectivity index (χ3n) is 4.52. The molecule has 1 aromatic heterocycles. The van der Waals surface area contributed by atoms with Crippen molar-refractivity contribution in [3.63, 3.8) is 0 Å². The molecule has 0 saturated carbocycles. The molecule has 0 bridgehead atoms. The lowest BCUT2D eigenvalue weighted by Crippen LogP contribution is -2.47. The Labute approximate surface area is 154 Å². The summed E-state index contributed by atoms with van der Waals surface area (Å²) in [6.45, 7) is 5.70. The van der Waals surface area contributed by atoms with Gasteiger partial charge in [-0.2, -0.15) is 0 Å². The van der Waals surface area contributed by atoms with Crippen molar-refractivity contribution < 1.29 is 19.1 Å². The SMILES string of the molecule is Cc1ccc(-c2ccc(CN3CCOC(CN(C)CC(=O)O)C3)o2)cc1. The number of likely N-dealkylation sites (N-methyl/N-ethyl adjacent to an activating group) is 1. The van der Waals surface area contributed by atoms with Gasteiger partial charge in [0.05, 0.1) is 25.8 Å². The van der Waals surface area contributed by atoms with Crippen molar-refractivity contribution in [3.05, 3.63) is 47.7 Å². The third kappa shape index (κ3) is 5.17. The molecule has 1 aliphatic rings. The Bertz CT molecular complexity index is 726. The molecule has 0 radical (unpaired) electrons. The summed E-state index contributed by atoms with van der Waals surface area (Å²) in [6, 6.07) is 12.3. The molecule has 1 fully saturated rings. The van der Waals surface area contributed by atoms with Crippen molar-refractivity contribution >= 4 is 5.97 Å². The number of carboxylic acid groups (broad SMARTS) is 1. The fourth-order valence-corrected chi connectivity index (χ4v) is 3.23. The highest BCUT2D eigenvalue weighted by Crippen LogP contribution is 2.23. The summed E-state index contributed by atoms with van der Waals surface area (Å²) >= 11 is 0. The van der Waals surface area contributed by atoms with E-state index < -0.39 is 5.97 Å². The molecule has 0 amide bonds. The molecule has 140 valence electrons. The number of ether oxygens (including phenoxy) is 1. The minimum Gasteiger partial charge on any atom is -0.480 e. The van der Waals surface area contributed by atoms with Crippen LogP contribution >= 0.6 is 0 Å². The highest BCUT2D eigenvalue weighted by atomic mass is 16.5. The monoisotopic (exact) mass is 358 g/mol. The van der Waals surface area contributed by atoms with E-state index in [1.807, 2.05) is 12.1 Å². The average Bonchev–Trinajstić information content (AvgIpc) is 3.03. The van der Waals surface area contributed by atoms with Crippen LogP contribution in [0.2, 0.25) is 0 Å². The van der Waals surface area contributed by atoms with Gasteiger partial charge in [-0.25, -0.2) is 0 Å². The minimum absolute atomic E-state index is 0.0135. The molecule has 6 nitrogen and oxygen atoms in total. The Balaban J connectivity index is 1.55. The molecule has 1 N–H and O–H groups in total. The molecule has 1 unspecified atom stereocenters. The van der Waals surface area contributed by atoms with E-state index in [4.69, 9.17) is 14.3 Å². The number of aliphatic carboxylic acids is 1. The van der Waals surface area contributed by atoms with Gasteiger partial charge in [0.2, 0.25) is 0 Å². The lowest BCUT2D eigenvalue weighted by molar-refractivity contribution is -0.138. The smallest absolute Gasteiger partial charge is 0.317 e. The van der Waals surface area contributed by atoms with E-state index in [0.29, 0.717) is 13.2 Å². The van der Waals surface area contributed by atoms with Gasteiger partial charge >= 0.3 is 5.97 Å². The standard InChI is InChI=1S/C20H26N2O4/c1-15-3-5-16(6-4-15)19-8-7-17(26-19)12-22-9-10-25-18(13-22)11-21(2)14-20(23)24/h3-8,18H,9-14H2,1-2H3,(H,23,24). The molecule has 1 aromatic carbocycles. The van der Waals surface area contributed by atoms with E-state index in [2.05, 4.69) is 36.1 Å². The number of morpholine rings is 1. The summed E-state index contributed by atoms with van der Waals surface area (Å²) < 4.78 is 11.8. The van der Waals surface area contributed by atoms with Gasteiger partial charge in [0.25, 0.3) is 0 Å². The number of hydrogen-bond acceptors (Lipinski definition) is 5. The van der Waals surface area contributed by atoms with Crippen molar-refractivity contribution in [2.45, 2.75) is 19.6 Å². The topological polar surface area (TPSA) is 66.2 Å². The number of aryl methyl sites for hydroxylation is 1. The van der Waals surface area contributed by atoms with Crippen molar-refractivity contribution in [1.29, 1.82) is 0 Å². The third-order valence-corrected chi connectivity index (χ3v) is 4.52. The van der Waals surface area contributed by atoms with E-state index in [1.54, 1.807) is 11.9 Å². The Morgan fingerprint density at radius 3 is 2.77 bits per heavy atom. The zero-order valence-electron chi connectivity index (χ0n) is 15.4. The molecule has 1 saturated heterocycles. The first kappa shape index (κ1) is 18.6. The number of hydrogen-bond donors (Lipinski definition) is 1. The summed E-state index contributed by atoms with van der Waals surface area (Å²) in [6.07, 6.45) is 0.0135. The van der Waals surface area contributed by atoms with Crippen molar-refractivity contribution in [2.75, 3.05) is 39.8 Å². The van der Waals surface area contributed by atoms with E-state index >= 15 is 0 Å². The molecule has 26 heavy (non-hydrogen) atoms. The predicted octanol–water partition coefficient (Wildman–Crippen LogP) is 2.47. The van der Waals surface area contributed by atoms with Crippen LogP contribution in [0.1, 0.15) is 11.3 Å². The van der Waals surface area contributed by atoms with Crippen molar-refractivity contribution in [2.24, 2.45) is 0 Å². The summed E-state index contributed by atoms with van der Waals surface area (Å²) in [5.41, 5.74) is 2.31. The molecule has 2 aromatic rings. The largest absolute Gasteiger partial charge is 0.480 e. The highest BCUT2D eigenvalue weighted by Gasteiger charge is 2.23. The van der Waals surface area contributed by atoms with Crippen LogP contribution in [0.25, 0.3) is 11.3 Å². The lowest BCUT2D eigenvalue weighted by Gasteiger charge is -2.34. The molecule has 0 aliphatic carbocycles. The van der Waals surface area contributed by atoms with Crippen LogP contribution in [0, 0.1) is 6.92 Å². The van der Waals surface area contributed by atoms with E-state index in [0.717, 1.165) is 36.7 Å². The molecule has 0 spiro atoms. The normalized spacial score (nSPS) is 18.3. The molecule has 1 atom stereocenters. The maximum absolute atomic E-state index is 10.8. The molecular weight excluding hydrogens is 332 g/mol. The number of carbonyl (C=O) groups is 1. The van der Waals surface area contributed by atoms with E-state index in [1.165, 1.54) is 5.56 Å². The van der Waals surface area contributed by atoms with Crippen LogP contribution in [0.5, 0.6) is 0 Å². The fraction of sp³-hybridized carbons (Fsp3) is 0.450. The van der Waals surface area contributed by atoms with Gasteiger partial charge in [-0.1, -0.05) is 29.8 Å². The van der Waals surface area contributed by atoms with Gasteiger partial charge < -0.3 is 14.3 Å². The molecule has 3 rings (SSSR count). The first-order valence-corrected chi connectivity index (χ1v) is 8.89. The number of nitrogens with zero attached hydrogens (tertiary/aromatic N) is 2. The van der Waals surface area contributed by atoms with Crippen LogP contribution in [0.15, 0.2) is 40.8 Å². The number of benzene rings is 1. The number of carboxylic acids is 1. The van der Waals surface area contributed by atoms with Crippen LogP contribution in [-0.2, 0) is 16.1 Å². The maximum Gasteiger partial charge on any atom is 0.317 e. The summed E-state index contributed by atoms with van der Waals surface area (Å²) in [7, 11) is 1.80. The zero-order chi connectivity index (χ0) is 18.5. The predicted molar refractivity (Wildman–Crippen MR) is 99.0 cm³/mol. The van der Waals surface area contributed by atoms with Gasteiger partial charge in [-0.05, 0) is 26.1 Å². The van der Waals surface area contributed by atoms with Gasteiger partial charge in [-0.3, -0.25) is 14.6 Å². The van der Waals surface area contributed by atoms with Gasteiger partial charge in [-0.15, -0.1) is 0 Å². The van der Waals surface area contributed by atoms with Crippen molar-refractivity contribution in [3.8, 4) is 11.3 Å². The number of rotatable bonds is 7. The first-order valence-electron chi connectivity index (χ1n) is 8.89. The van der Waals surface area contributed by atoms with Crippen LogP contribution in [0.4, 0.5) is 0 Å². The lowest BCUT2D eigenvalue weighted by atomic mass is 10.1. The van der Waals surface area contributed by atoms with Crippen molar-refractivity contribution in [1.82, 2.24) is 9.80 Å². The minimum atomic E-state index is -0.820. The summed E-state index contributed by atoms with van der Waals surface area (Å²) in [5, 5.41) is 8.87. The van der Waals surface area contributed by atoms with Gasteiger partial charge in [0.15, 0.2) is 0 Å².